The fraction of sp³-hybridized carbons (Fsp3) is 0.300. The van der Waals surface area contributed by atoms with Gasteiger partial charge in [-0.25, -0.2) is 4.79 Å². The highest BCUT2D eigenvalue weighted by Crippen LogP contribution is 2.38. The van der Waals surface area contributed by atoms with E-state index in [9.17, 15) is 18.0 Å². The normalized spacial score (nSPS) is 10.9. The minimum Gasteiger partial charge on any atom is -0.490 e. The molecule has 2 N–H and O–H groups in total. The number of hydrogen-bond donors (Lipinski definition) is 2. The summed E-state index contributed by atoms with van der Waals surface area (Å²) in [5, 5.41) is 5.77. The Morgan fingerprint density at radius 2 is 1.67 bits per heavy atom. The molecule has 0 bridgehead atoms. The summed E-state index contributed by atoms with van der Waals surface area (Å²) >= 11 is 5.26. The predicted molar refractivity (Wildman–Crippen MR) is 111 cm³/mol. The summed E-state index contributed by atoms with van der Waals surface area (Å²) in [6.45, 7) is 4.22. The molecule has 0 aliphatic rings. The van der Waals surface area contributed by atoms with Crippen LogP contribution in [0.2, 0.25) is 0 Å². The molecule has 0 fully saturated rings. The molecular weight excluding hydrogens is 421 g/mol. The topological polar surface area (TPSA) is 68.8 Å². The van der Waals surface area contributed by atoms with E-state index in [1.807, 2.05) is 0 Å². The molecule has 2 aromatic carbocycles. The van der Waals surface area contributed by atoms with Gasteiger partial charge in [0, 0.05) is 5.69 Å². The largest absolute Gasteiger partial charge is 0.490 e. The van der Waals surface area contributed by atoms with E-state index < -0.39 is 17.7 Å². The van der Waals surface area contributed by atoms with Crippen LogP contribution < -0.4 is 20.1 Å². The number of halogens is 3. The van der Waals surface area contributed by atoms with Crippen LogP contribution >= 0.6 is 12.2 Å². The number of thiocarbonyl (C=S) groups is 1. The van der Waals surface area contributed by atoms with Crippen LogP contribution in [0.25, 0.3) is 0 Å². The molecule has 162 valence electrons. The van der Waals surface area contributed by atoms with Crippen molar-refractivity contribution in [1.82, 2.24) is 0 Å². The molecule has 0 spiro atoms. The number of methoxy groups -OCH3 is 1. The van der Waals surface area contributed by atoms with Crippen LogP contribution in [0.3, 0.4) is 0 Å². The van der Waals surface area contributed by atoms with Crippen molar-refractivity contribution < 1.29 is 32.2 Å². The fourth-order valence-corrected chi connectivity index (χ4v) is 2.74. The van der Waals surface area contributed by atoms with Crippen molar-refractivity contribution in [2.45, 2.75) is 20.0 Å². The molecule has 30 heavy (non-hydrogen) atoms. The maximum absolute atomic E-state index is 12.7. The first-order valence-electron chi connectivity index (χ1n) is 8.96. The number of ether oxygens (including phenoxy) is 3. The van der Waals surface area contributed by atoms with Crippen molar-refractivity contribution in [2.75, 3.05) is 31.0 Å². The van der Waals surface area contributed by atoms with E-state index in [0.29, 0.717) is 36.1 Å². The summed E-state index contributed by atoms with van der Waals surface area (Å²) in [6, 6.07) is 7.40. The third-order valence-corrected chi connectivity index (χ3v) is 3.99. The number of alkyl halides is 3. The maximum atomic E-state index is 12.7. The number of benzene rings is 2. The number of rotatable bonds is 7. The fourth-order valence-electron chi connectivity index (χ4n) is 2.51. The lowest BCUT2D eigenvalue weighted by atomic mass is 10.1. The second kappa shape index (κ2) is 10.1. The zero-order valence-corrected chi connectivity index (χ0v) is 17.4. The smallest absolute Gasteiger partial charge is 0.416 e. The van der Waals surface area contributed by atoms with Crippen molar-refractivity contribution in [3.63, 3.8) is 0 Å². The van der Waals surface area contributed by atoms with E-state index in [1.165, 1.54) is 31.4 Å². The number of carbonyl (C=O) groups excluding carboxylic acids is 1. The SMILES string of the molecule is CCOc1cc(C(=O)OC)cc(NC(=S)Nc2ccc(C(F)(F)F)cc2)c1OCC. The van der Waals surface area contributed by atoms with Gasteiger partial charge in [-0.1, -0.05) is 0 Å². The second-order valence-corrected chi connectivity index (χ2v) is 6.27. The molecule has 0 saturated heterocycles. The Bertz CT molecular complexity index is 902. The summed E-state index contributed by atoms with van der Waals surface area (Å²) in [4.78, 5) is 12.0. The van der Waals surface area contributed by atoms with E-state index in [1.54, 1.807) is 13.8 Å². The van der Waals surface area contributed by atoms with Crippen LogP contribution in [0.15, 0.2) is 36.4 Å². The van der Waals surface area contributed by atoms with Gasteiger partial charge in [0.05, 0.1) is 37.1 Å². The summed E-state index contributed by atoms with van der Waals surface area (Å²) in [5.41, 5.74) is 0.141. The van der Waals surface area contributed by atoms with Gasteiger partial charge in [-0.15, -0.1) is 0 Å². The molecular formula is C20H21F3N2O4S. The molecule has 0 heterocycles. The molecule has 10 heteroatoms. The van der Waals surface area contributed by atoms with E-state index in [4.69, 9.17) is 26.4 Å². The second-order valence-electron chi connectivity index (χ2n) is 5.86. The predicted octanol–water partition coefficient (Wildman–Crippen LogP) is 5.10. The first-order valence-corrected chi connectivity index (χ1v) is 9.37. The summed E-state index contributed by atoms with van der Waals surface area (Å²) in [7, 11) is 1.25. The van der Waals surface area contributed by atoms with E-state index >= 15 is 0 Å². The number of nitrogens with one attached hydrogen (secondary N) is 2. The van der Waals surface area contributed by atoms with Crippen LogP contribution in [0.5, 0.6) is 11.5 Å². The number of anilines is 2. The Hall–Kier alpha value is -3.01. The van der Waals surface area contributed by atoms with Crippen LogP contribution in [0, 0.1) is 0 Å². The number of carbonyl (C=O) groups is 1. The summed E-state index contributed by atoms with van der Waals surface area (Å²) in [6.07, 6.45) is -4.42. The third kappa shape index (κ3) is 5.99. The zero-order chi connectivity index (χ0) is 22.3. The van der Waals surface area contributed by atoms with Gasteiger partial charge in [0.25, 0.3) is 0 Å². The molecule has 0 radical (unpaired) electrons. The quantitative estimate of drug-likeness (QED) is 0.457. The number of esters is 1. The number of hydrogen-bond acceptors (Lipinski definition) is 5. The molecule has 2 rings (SSSR count). The van der Waals surface area contributed by atoms with Crippen molar-refractivity contribution in [2.24, 2.45) is 0 Å². The highest BCUT2D eigenvalue weighted by Gasteiger charge is 2.30. The maximum Gasteiger partial charge on any atom is 0.416 e. The monoisotopic (exact) mass is 442 g/mol. The first-order chi connectivity index (χ1) is 14.2. The molecule has 0 atom stereocenters. The average Bonchev–Trinajstić information content (AvgIpc) is 2.69. The molecule has 0 unspecified atom stereocenters. The van der Waals surface area contributed by atoms with Crippen LogP contribution in [0.4, 0.5) is 24.5 Å². The molecule has 0 aliphatic heterocycles. The Morgan fingerprint density at radius 1 is 1.03 bits per heavy atom. The Morgan fingerprint density at radius 3 is 2.20 bits per heavy atom. The highest BCUT2D eigenvalue weighted by molar-refractivity contribution is 7.80. The summed E-state index contributed by atoms with van der Waals surface area (Å²) < 4.78 is 54.1. The van der Waals surface area contributed by atoms with Gasteiger partial charge in [0.15, 0.2) is 16.6 Å². The van der Waals surface area contributed by atoms with Gasteiger partial charge in [-0.3, -0.25) is 0 Å². The molecule has 6 nitrogen and oxygen atoms in total. The van der Waals surface area contributed by atoms with Gasteiger partial charge in [0.2, 0.25) is 0 Å². The van der Waals surface area contributed by atoms with Gasteiger partial charge in [-0.2, -0.15) is 13.2 Å². The van der Waals surface area contributed by atoms with Crippen LogP contribution in [-0.2, 0) is 10.9 Å². The minimum absolute atomic E-state index is 0.0835. The van der Waals surface area contributed by atoms with Gasteiger partial charge in [0.1, 0.15) is 0 Å². The Balaban J connectivity index is 2.29. The Kier molecular flexibility index (Phi) is 7.87. The lowest BCUT2D eigenvalue weighted by Gasteiger charge is -2.18. The minimum atomic E-state index is -4.42. The van der Waals surface area contributed by atoms with Crippen molar-refractivity contribution >= 4 is 34.7 Å². The molecule has 2 aromatic rings. The van der Waals surface area contributed by atoms with Crippen LogP contribution in [0.1, 0.15) is 29.8 Å². The first kappa shape index (κ1) is 23.3. The Labute approximate surface area is 177 Å². The third-order valence-electron chi connectivity index (χ3n) is 3.78. The summed E-state index contributed by atoms with van der Waals surface area (Å²) in [5.74, 6) is 0.0781. The zero-order valence-electron chi connectivity index (χ0n) is 16.6. The molecule has 0 amide bonds. The van der Waals surface area contributed by atoms with Gasteiger partial charge >= 0.3 is 12.1 Å². The molecule has 0 aliphatic carbocycles. The molecule has 0 saturated carbocycles. The highest BCUT2D eigenvalue weighted by atomic mass is 32.1. The van der Waals surface area contributed by atoms with Gasteiger partial charge in [-0.05, 0) is 62.5 Å². The van der Waals surface area contributed by atoms with E-state index in [2.05, 4.69) is 10.6 Å². The van der Waals surface area contributed by atoms with Crippen molar-refractivity contribution in [3.05, 3.63) is 47.5 Å². The van der Waals surface area contributed by atoms with E-state index in [-0.39, 0.29) is 10.7 Å². The lowest BCUT2D eigenvalue weighted by Crippen LogP contribution is -2.20. The van der Waals surface area contributed by atoms with Crippen LogP contribution in [-0.4, -0.2) is 31.4 Å². The lowest BCUT2D eigenvalue weighted by molar-refractivity contribution is -0.137. The standard InChI is InChI=1S/C20H21F3N2O4S/c1-4-28-16-11-12(18(26)27-3)10-15(17(16)29-5-2)25-19(30)24-14-8-6-13(7-9-14)20(21,22)23/h6-11H,4-5H2,1-3H3,(H2,24,25,30). The molecule has 0 aromatic heterocycles. The van der Waals surface area contributed by atoms with E-state index in [0.717, 1.165) is 12.1 Å². The van der Waals surface area contributed by atoms with Crippen molar-refractivity contribution in [1.29, 1.82) is 0 Å². The van der Waals surface area contributed by atoms with Crippen molar-refractivity contribution in [3.8, 4) is 11.5 Å². The van der Waals surface area contributed by atoms with Gasteiger partial charge < -0.3 is 24.8 Å². The average molecular weight is 442 g/mol.